The van der Waals surface area contributed by atoms with Crippen molar-refractivity contribution in [3.63, 3.8) is 0 Å². The summed E-state index contributed by atoms with van der Waals surface area (Å²) in [5.74, 6) is 1.34. The van der Waals surface area contributed by atoms with Gasteiger partial charge in [-0.05, 0) is 38.2 Å². The van der Waals surface area contributed by atoms with Crippen LogP contribution in [0.1, 0.15) is 49.7 Å². The normalized spacial score (nSPS) is 16.7. The summed E-state index contributed by atoms with van der Waals surface area (Å²) < 4.78 is 1.83. The molecular formula is C15H21ClN2O. The van der Waals surface area contributed by atoms with Crippen LogP contribution in [0.3, 0.4) is 0 Å². The number of hydrogen-bond acceptors (Lipinski definition) is 2. The second kappa shape index (κ2) is 6.38. The number of nitrogens with zero attached hydrogens (tertiary/aromatic N) is 2. The van der Waals surface area contributed by atoms with Gasteiger partial charge >= 0.3 is 0 Å². The van der Waals surface area contributed by atoms with E-state index in [2.05, 4.69) is 18.0 Å². The van der Waals surface area contributed by atoms with Gasteiger partial charge in [0.25, 0.3) is 5.56 Å². The first kappa shape index (κ1) is 14.3. The van der Waals surface area contributed by atoms with Gasteiger partial charge in [0, 0.05) is 23.7 Å². The fourth-order valence-corrected chi connectivity index (χ4v) is 2.78. The van der Waals surface area contributed by atoms with Crippen molar-refractivity contribution in [2.75, 3.05) is 5.88 Å². The molecule has 4 heteroatoms. The van der Waals surface area contributed by atoms with Crippen LogP contribution >= 0.6 is 11.6 Å². The Bertz CT molecular complexity index is 546. The largest absolute Gasteiger partial charge is 0.293 e. The van der Waals surface area contributed by atoms with E-state index in [9.17, 15) is 4.79 Å². The van der Waals surface area contributed by atoms with Crippen LogP contribution in [0.2, 0.25) is 0 Å². The van der Waals surface area contributed by atoms with E-state index in [1.165, 1.54) is 5.57 Å². The molecule has 2 heterocycles. The molecule has 3 nitrogen and oxygen atoms in total. The zero-order valence-corrected chi connectivity index (χ0v) is 12.5. The summed E-state index contributed by atoms with van der Waals surface area (Å²) in [4.78, 5) is 17.1. The fourth-order valence-electron chi connectivity index (χ4n) is 2.59. The molecular weight excluding hydrogens is 260 g/mol. The Kier molecular flexibility index (Phi) is 4.81. The zero-order chi connectivity index (χ0) is 13.8. The van der Waals surface area contributed by atoms with Crippen LogP contribution in [-0.2, 0) is 13.0 Å². The fraction of sp³-hybridized carbons (Fsp3) is 0.600. The number of alkyl halides is 1. The smallest absolute Gasteiger partial charge is 0.257 e. The second-order valence-electron chi connectivity index (χ2n) is 5.02. The van der Waals surface area contributed by atoms with E-state index in [4.69, 9.17) is 11.6 Å². The van der Waals surface area contributed by atoms with Crippen molar-refractivity contribution in [2.45, 2.75) is 52.5 Å². The van der Waals surface area contributed by atoms with Crippen LogP contribution < -0.4 is 5.56 Å². The summed E-state index contributed by atoms with van der Waals surface area (Å²) >= 11 is 5.77. The number of unbranched alkanes of at least 4 members (excludes halogenated alkanes) is 1. The van der Waals surface area contributed by atoms with Crippen molar-refractivity contribution in [1.29, 1.82) is 0 Å². The molecule has 0 atom stereocenters. The van der Waals surface area contributed by atoms with Gasteiger partial charge in [-0.25, -0.2) is 4.98 Å². The molecule has 1 aromatic rings. The molecule has 104 valence electrons. The van der Waals surface area contributed by atoms with E-state index in [1.54, 1.807) is 0 Å². The predicted molar refractivity (Wildman–Crippen MR) is 79.8 cm³/mol. The third-order valence-corrected chi connectivity index (χ3v) is 3.80. The summed E-state index contributed by atoms with van der Waals surface area (Å²) in [6.07, 6.45) is 7.06. The summed E-state index contributed by atoms with van der Waals surface area (Å²) in [6.45, 7) is 4.85. The molecule has 0 radical (unpaired) electrons. The molecule has 0 aromatic carbocycles. The van der Waals surface area contributed by atoms with Gasteiger partial charge in [-0.3, -0.25) is 9.36 Å². The maximum absolute atomic E-state index is 12.5. The Morgan fingerprint density at radius 3 is 2.95 bits per heavy atom. The number of aryl methyl sites for hydroxylation is 1. The van der Waals surface area contributed by atoms with Crippen LogP contribution in [0, 0.1) is 6.92 Å². The van der Waals surface area contributed by atoms with Crippen molar-refractivity contribution in [3.05, 3.63) is 33.5 Å². The third kappa shape index (κ3) is 2.92. The van der Waals surface area contributed by atoms with Gasteiger partial charge in [-0.1, -0.05) is 19.4 Å². The molecule has 1 aliphatic rings. The van der Waals surface area contributed by atoms with E-state index in [1.807, 2.05) is 11.5 Å². The maximum Gasteiger partial charge on any atom is 0.257 e. The lowest BCUT2D eigenvalue weighted by molar-refractivity contribution is 0.570. The van der Waals surface area contributed by atoms with E-state index in [0.717, 1.165) is 49.3 Å². The number of fused-ring (bicyclic) bond motifs is 1. The van der Waals surface area contributed by atoms with Crippen molar-refractivity contribution >= 4 is 17.2 Å². The quantitative estimate of drug-likeness (QED) is 0.793. The molecule has 0 fully saturated rings. The average molecular weight is 281 g/mol. The molecule has 0 amide bonds. The highest BCUT2D eigenvalue weighted by molar-refractivity contribution is 6.18. The lowest BCUT2D eigenvalue weighted by atomic mass is 10.0. The number of allylic oxidation sites excluding steroid dienone is 2. The standard InChI is InChI=1S/C15H21ClN2O/c1-3-4-6-12-7-5-10-18-14(12)17-11(2)13(8-9-16)15(18)19/h6H,3-5,7-10H2,1-2H3/b12-6+. The van der Waals surface area contributed by atoms with E-state index >= 15 is 0 Å². The Hall–Kier alpha value is -1.09. The topological polar surface area (TPSA) is 34.9 Å². The van der Waals surface area contributed by atoms with Crippen LogP contribution in [0.5, 0.6) is 0 Å². The minimum atomic E-state index is 0.102. The summed E-state index contributed by atoms with van der Waals surface area (Å²) in [7, 11) is 0. The number of rotatable bonds is 4. The van der Waals surface area contributed by atoms with Crippen LogP contribution in [0.25, 0.3) is 5.57 Å². The molecule has 0 saturated heterocycles. The Balaban J connectivity index is 2.52. The number of halogens is 1. The SMILES string of the molecule is CCC/C=C1\CCCn2c1nc(C)c(CCCl)c2=O. The molecule has 19 heavy (non-hydrogen) atoms. The molecule has 0 N–H and O–H groups in total. The van der Waals surface area contributed by atoms with Gasteiger partial charge in [0.05, 0.1) is 0 Å². The minimum absolute atomic E-state index is 0.102. The molecule has 1 aliphatic heterocycles. The first-order valence-electron chi connectivity index (χ1n) is 7.04. The third-order valence-electron chi connectivity index (χ3n) is 3.61. The minimum Gasteiger partial charge on any atom is -0.293 e. The molecule has 0 unspecified atom stereocenters. The van der Waals surface area contributed by atoms with E-state index in [-0.39, 0.29) is 5.56 Å². The van der Waals surface area contributed by atoms with Crippen molar-refractivity contribution < 1.29 is 0 Å². The molecule has 0 saturated carbocycles. The van der Waals surface area contributed by atoms with Crippen LogP contribution in [0.15, 0.2) is 10.9 Å². The average Bonchev–Trinajstić information content (AvgIpc) is 2.41. The number of aromatic nitrogens is 2. The van der Waals surface area contributed by atoms with Gasteiger partial charge in [-0.15, -0.1) is 11.6 Å². The van der Waals surface area contributed by atoms with Gasteiger partial charge in [-0.2, -0.15) is 0 Å². The summed E-state index contributed by atoms with van der Waals surface area (Å²) in [5, 5.41) is 0. The van der Waals surface area contributed by atoms with E-state index in [0.29, 0.717) is 12.3 Å². The van der Waals surface area contributed by atoms with Gasteiger partial charge in [0.1, 0.15) is 5.82 Å². The van der Waals surface area contributed by atoms with Crippen LogP contribution in [0.4, 0.5) is 0 Å². The molecule has 0 aliphatic carbocycles. The predicted octanol–water partition coefficient (Wildman–Crippen LogP) is 3.31. The van der Waals surface area contributed by atoms with E-state index < -0.39 is 0 Å². The molecule has 2 rings (SSSR count). The van der Waals surface area contributed by atoms with Crippen molar-refractivity contribution in [2.24, 2.45) is 0 Å². The highest BCUT2D eigenvalue weighted by Crippen LogP contribution is 2.24. The lowest BCUT2D eigenvalue weighted by Gasteiger charge is -2.22. The van der Waals surface area contributed by atoms with Gasteiger partial charge in [0.15, 0.2) is 0 Å². The van der Waals surface area contributed by atoms with Gasteiger partial charge < -0.3 is 0 Å². The number of hydrogen-bond donors (Lipinski definition) is 0. The first-order chi connectivity index (χ1) is 9.19. The highest BCUT2D eigenvalue weighted by atomic mass is 35.5. The van der Waals surface area contributed by atoms with Crippen LogP contribution in [-0.4, -0.2) is 15.4 Å². The summed E-state index contributed by atoms with van der Waals surface area (Å²) in [5.41, 5.74) is 2.94. The molecule has 1 aromatic heterocycles. The van der Waals surface area contributed by atoms with Gasteiger partial charge in [0.2, 0.25) is 0 Å². The zero-order valence-electron chi connectivity index (χ0n) is 11.7. The molecule has 0 spiro atoms. The maximum atomic E-state index is 12.5. The lowest BCUT2D eigenvalue weighted by Crippen LogP contribution is -2.31. The Morgan fingerprint density at radius 2 is 2.26 bits per heavy atom. The highest BCUT2D eigenvalue weighted by Gasteiger charge is 2.19. The summed E-state index contributed by atoms with van der Waals surface area (Å²) in [6, 6.07) is 0. The Morgan fingerprint density at radius 1 is 1.47 bits per heavy atom. The first-order valence-corrected chi connectivity index (χ1v) is 7.58. The van der Waals surface area contributed by atoms with Crippen molar-refractivity contribution in [3.8, 4) is 0 Å². The Labute approximate surface area is 119 Å². The second-order valence-corrected chi connectivity index (χ2v) is 5.39. The van der Waals surface area contributed by atoms with Crippen molar-refractivity contribution in [1.82, 2.24) is 9.55 Å². The molecule has 0 bridgehead atoms. The monoisotopic (exact) mass is 280 g/mol.